The van der Waals surface area contributed by atoms with E-state index in [-0.39, 0.29) is 17.2 Å². The van der Waals surface area contributed by atoms with E-state index in [0.29, 0.717) is 53.2 Å². The highest BCUT2D eigenvalue weighted by Crippen LogP contribution is 2.42. The summed E-state index contributed by atoms with van der Waals surface area (Å²) in [5.41, 5.74) is 11.6. The summed E-state index contributed by atoms with van der Waals surface area (Å²) in [5.74, 6) is 0.0216. The molecule has 0 radical (unpaired) electrons. The molecule has 10 rings (SSSR count). The van der Waals surface area contributed by atoms with Crippen molar-refractivity contribution in [3.8, 4) is 67.9 Å². The summed E-state index contributed by atoms with van der Waals surface area (Å²) >= 11 is 0. The Morgan fingerprint density at radius 2 is 0.583 bits per heavy atom. The van der Waals surface area contributed by atoms with Crippen molar-refractivity contribution < 1.29 is 42.8 Å². The predicted molar refractivity (Wildman–Crippen MR) is 271 cm³/mol. The Morgan fingerprint density at radius 3 is 0.806 bits per heavy atom. The van der Waals surface area contributed by atoms with Crippen molar-refractivity contribution in [2.45, 2.75) is 19.3 Å². The van der Waals surface area contributed by atoms with E-state index in [1.807, 2.05) is 109 Å². The van der Waals surface area contributed by atoms with Gasteiger partial charge in [-0.1, -0.05) is 54.6 Å². The second-order valence-corrected chi connectivity index (χ2v) is 17.0. The third kappa shape index (κ3) is 10.0. The van der Waals surface area contributed by atoms with Gasteiger partial charge >= 0.3 is 17.9 Å². The number of carbonyl (C=O) groups excluding carboxylic acids is 3. The van der Waals surface area contributed by atoms with Crippen LogP contribution < -0.4 is 28.4 Å². The van der Waals surface area contributed by atoms with Crippen molar-refractivity contribution in [2.24, 2.45) is 0 Å². The number of benzene rings is 6. The van der Waals surface area contributed by atoms with E-state index in [0.717, 1.165) is 66.8 Å². The maximum Gasteiger partial charge on any atom is 0.343 e. The van der Waals surface area contributed by atoms with Crippen LogP contribution in [0.5, 0.6) is 34.5 Å². The van der Waals surface area contributed by atoms with E-state index < -0.39 is 17.9 Å². The molecule has 3 heterocycles. The van der Waals surface area contributed by atoms with Gasteiger partial charge in [0.25, 0.3) is 0 Å². The number of carbonyl (C=O) groups is 3. The van der Waals surface area contributed by atoms with Crippen LogP contribution in [0.2, 0.25) is 0 Å². The summed E-state index contributed by atoms with van der Waals surface area (Å²) < 4.78 is 36.0. The van der Waals surface area contributed by atoms with E-state index in [4.69, 9.17) is 28.4 Å². The van der Waals surface area contributed by atoms with Crippen LogP contribution in [-0.4, -0.2) is 54.2 Å². The lowest BCUT2D eigenvalue weighted by molar-refractivity contribution is 0.0720. The van der Waals surface area contributed by atoms with Gasteiger partial charge in [-0.15, -0.1) is 0 Å². The van der Waals surface area contributed by atoms with Gasteiger partial charge in [0.1, 0.15) is 0 Å². The fourth-order valence-electron chi connectivity index (χ4n) is 8.73. The molecule has 0 saturated heterocycles. The lowest BCUT2D eigenvalue weighted by Crippen LogP contribution is -2.11. The Bertz CT molecular complexity index is 3070. The molecule has 72 heavy (non-hydrogen) atoms. The molecule has 0 aliphatic heterocycles. The Kier molecular flexibility index (Phi) is 13.3. The Hall–Kier alpha value is -9.42. The average molecular weight is 952 g/mol. The molecule has 0 atom stereocenters. The number of ether oxygens (including phenoxy) is 6. The van der Waals surface area contributed by atoms with E-state index in [1.54, 1.807) is 73.6 Å². The van der Waals surface area contributed by atoms with Crippen LogP contribution in [0.4, 0.5) is 0 Å². The first kappa shape index (κ1) is 46.3. The minimum atomic E-state index is -0.565. The topological polar surface area (TPSA) is 145 Å². The number of fused-ring (bicyclic) bond motifs is 3. The lowest BCUT2D eigenvalue weighted by Gasteiger charge is -2.18. The molecule has 0 bridgehead atoms. The molecule has 0 saturated carbocycles. The number of aromatic nitrogens is 3. The van der Waals surface area contributed by atoms with Crippen LogP contribution in [0, 0.1) is 0 Å². The van der Waals surface area contributed by atoms with Crippen molar-refractivity contribution >= 4 is 17.9 Å². The summed E-state index contributed by atoms with van der Waals surface area (Å²) in [7, 11) is 4.57. The number of hydrogen-bond acceptors (Lipinski definition) is 12. The van der Waals surface area contributed by atoms with Crippen LogP contribution in [-0.2, 0) is 19.3 Å². The van der Waals surface area contributed by atoms with Crippen molar-refractivity contribution in [3.05, 3.63) is 233 Å². The second kappa shape index (κ2) is 20.7. The predicted octanol–water partition coefficient (Wildman–Crippen LogP) is 11.6. The molecule has 1 aliphatic carbocycles. The SMILES string of the molecule is COc1cc2c(cc1OC(=O)c1ccc(-c3cccnc3)cc1)Cc1cc(OC)c(OC(=O)c3ccc(-c4cccnc4)cc3)cc1Cc1cc(OC)c(OC(=O)c3ccc(-c4cccnc4)cc3)cc1C2. The molecular formula is C60H45N3O9. The van der Waals surface area contributed by atoms with Crippen LogP contribution in [0.3, 0.4) is 0 Å². The van der Waals surface area contributed by atoms with Crippen LogP contribution in [0.15, 0.2) is 183 Å². The smallest absolute Gasteiger partial charge is 0.343 e. The molecular weight excluding hydrogens is 907 g/mol. The maximum atomic E-state index is 13.8. The first-order valence-electron chi connectivity index (χ1n) is 23.0. The van der Waals surface area contributed by atoms with Gasteiger partial charge in [0.05, 0.1) is 38.0 Å². The zero-order valence-corrected chi connectivity index (χ0v) is 39.5. The summed E-state index contributed by atoms with van der Waals surface area (Å²) in [4.78, 5) is 54.0. The number of pyridine rings is 3. The Labute approximate surface area is 415 Å². The third-order valence-electron chi connectivity index (χ3n) is 12.6. The van der Waals surface area contributed by atoms with Gasteiger partial charge < -0.3 is 28.4 Å². The van der Waals surface area contributed by atoms with Gasteiger partial charge in [-0.25, -0.2) is 14.4 Å². The van der Waals surface area contributed by atoms with Gasteiger partial charge in [0, 0.05) is 37.2 Å². The number of hydrogen-bond donors (Lipinski definition) is 0. The molecule has 0 fully saturated rings. The van der Waals surface area contributed by atoms with Crippen molar-refractivity contribution in [1.82, 2.24) is 15.0 Å². The molecule has 0 N–H and O–H groups in total. The quantitative estimate of drug-likeness (QED) is 0.0848. The highest BCUT2D eigenvalue weighted by molar-refractivity contribution is 5.93. The molecule has 0 amide bonds. The molecule has 6 aromatic carbocycles. The fraction of sp³-hybridized carbons (Fsp3) is 0.100. The van der Waals surface area contributed by atoms with E-state index in [9.17, 15) is 14.4 Å². The number of nitrogens with zero attached hydrogens (tertiary/aromatic N) is 3. The third-order valence-corrected chi connectivity index (χ3v) is 12.6. The van der Waals surface area contributed by atoms with Crippen molar-refractivity contribution in [2.75, 3.05) is 21.3 Å². The highest BCUT2D eigenvalue weighted by Gasteiger charge is 2.25. The van der Waals surface area contributed by atoms with Gasteiger partial charge in [-0.05, 0) is 177 Å². The van der Waals surface area contributed by atoms with E-state index in [2.05, 4.69) is 15.0 Å². The summed E-state index contributed by atoms with van der Waals surface area (Å²) in [5, 5.41) is 0. The molecule has 3 aromatic heterocycles. The standard InChI is InChI=1S/C60H45N3O9/c1-67-52-28-46-25-50-32-56(71-59(65)41-18-12-38(13-19-41)44-8-5-23-62-35-44)54(69-3)30-48(50)27-51-33-57(72-60(66)42-20-14-39(15-21-42)45-9-6-24-63-36-45)53(68-2)29-47(51)26-49(46)31-55(52)70-58(64)40-16-10-37(11-17-40)43-7-4-22-61-34-43/h4-24,28-36H,25-27H2,1-3H3. The molecule has 12 nitrogen and oxygen atoms in total. The summed E-state index contributed by atoms with van der Waals surface area (Å²) in [6.45, 7) is 0. The highest BCUT2D eigenvalue weighted by atomic mass is 16.6. The first-order valence-corrected chi connectivity index (χ1v) is 23.0. The van der Waals surface area contributed by atoms with Gasteiger partial charge in [-0.3, -0.25) is 15.0 Å². The number of rotatable bonds is 12. The summed E-state index contributed by atoms with van der Waals surface area (Å²) in [6, 6.07) is 43.9. The fourth-order valence-corrected chi connectivity index (χ4v) is 8.73. The monoisotopic (exact) mass is 951 g/mol. The lowest BCUT2D eigenvalue weighted by atomic mass is 9.94. The van der Waals surface area contributed by atoms with Crippen LogP contribution >= 0.6 is 0 Å². The first-order chi connectivity index (χ1) is 35.2. The molecule has 12 heteroatoms. The van der Waals surface area contributed by atoms with Crippen molar-refractivity contribution in [1.29, 1.82) is 0 Å². The van der Waals surface area contributed by atoms with E-state index >= 15 is 0 Å². The summed E-state index contributed by atoms with van der Waals surface area (Å²) in [6.07, 6.45) is 11.5. The minimum absolute atomic E-state index is 0.226. The number of methoxy groups -OCH3 is 3. The largest absolute Gasteiger partial charge is 0.493 e. The van der Waals surface area contributed by atoms with Crippen LogP contribution in [0.1, 0.15) is 64.5 Å². The molecule has 1 aliphatic rings. The zero-order valence-electron chi connectivity index (χ0n) is 39.5. The Morgan fingerprint density at radius 1 is 0.333 bits per heavy atom. The zero-order chi connectivity index (χ0) is 49.6. The molecule has 0 unspecified atom stereocenters. The second-order valence-electron chi connectivity index (χ2n) is 17.0. The van der Waals surface area contributed by atoms with Crippen molar-refractivity contribution in [3.63, 3.8) is 0 Å². The molecule has 0 spiro atoms. The molecule has 9 aromatic rings. The Balaban J connectivity index is 1.01. The average Bonchev–Trinajstić information content (AvgIpc) is 3.48. The maximum absolute atomic E-state index is 13.8. The van der Waals surface area contributed by atoms with E-state index in [1.165, 1.54) is 21.3 Å². The van der Waals surface area contributed by atoms with Gasteiger partial charge in [0.2, 0.25) is 0 Å². The minimum Gasteiger partial charge on any atom is -0.493 e. The normalized spacial score (nSPS) is 11.5. The van der Waals surface area contributed by atoms with Gasteiger partial charge in [0.15, 0.2) is 34.5 Å². The molecule has 354 valence electrons. The number of esters is 3. The van der Waals surface area contributed by atoms with Crippen LogP contribution in [0.25, 0.3) is 33.4 Å². The van der Waals surface area contributed by atoms with Gasteiger partial charge in [-0.2, -0.15) is 0 Å².